The average Bonchev–Trinajstić information content (AvgIpc) is 3.53. The van der Waals surface area contributed by atoms with E-state index in [9.17, 15) is 0 Å². The third-order valence-electron chi connectivity index (χ3n) is 14.4. The highest BCUT2D eigenvalue weighted by atomic mass is 14.4. The van der Waals surface area contributed by atoms with Gasteiger partial charge in [-0.1, -0.05) is 178 Å². The van der Waals surface area contributed by atoms with Crippen molar-refractivity contribution in [1.29, 1.82) is 0 Å². The van der Waals surface area contributed by atoms with E-state index in [2.05, 4.69) is 185 Å². The highest BCUT2D eigenvalue weighted by molar-refractivity contribution is 5.92. The molecule has 7 aliphatic rings. The highest BCUT2D eigenvalue weighted by Gasteiger charge is 2.36. The molecule has 0 amide bonds. The van der Waals surface area contributed by atoms with Crippen LogP contribution in [0.3, 0.4) is 0 Å². The molecule has 0 heteroatoms. The van der Waals surface area contributed by atoms with Gasteiger partial charge in [0, 0.05) is 17.8 Å². The van der Waals surface area contributed by atoms with Crippen molar-refractivity contribution in [2.75, 3.05) is 0 Å². The molecule has 0 bridgehead atoms. The molecular weight excluding hydrogens is 709 g/mol. The molecule has 8 unspecified atom stereocenters. The van der Waals surface area contributed by atoms with Crippen molar-refractivity contribution in [2.24, 2.45) is 35.5 Å². The second-order valence-electron chi connectivity index (χ2n) is 18.4. The van der Waals surface area contributed by atoms with Gasteiger partial charge in [-0.05, 0) is 162 Å². The third-order valence-corrected chi connectivity index (χ3v) is 14.4. The number of fused-ring (bicyclic) bond motifs is 6. The molecule has 59 heavy (non-hydrogen) atoms. The van der Waals surface area contributed by atoms with E-state index >= 15 is 0 Å². The van der Waals surface area contributed by atoms with Crippen molar-refractivity contribution in [3.8, 4) is 11.1 Å². The Morgan fingerprint density at radius 1 is 0.780 bits per heavy atom. The standard InChI is InChI=1S/C59H64/c1-4-6-18-43(19-7-5-2)49-36-50(44-22-15-17-41(3)29-30-44)38-51(37-49)45-23-16-24-47(35-45)52-25-11-12-26-53(52)48-32-34-57-55-28-14-13-27-54(55)56-33-31-46(39-58(56)59(57)40-48)42-20-9-8-10-21-42/h4,6-15,19-20,22,25-28,30-33,35-36,38-43,47,49,52-53,57H,5,16-18,21,23-24,29,34,37H2,1-3H3. The molecule has 0 radical (unpaired) electrons. The lowest BCUT2D eigenvalue weighted by molar-refractivity contribution is 0.363. The predicted molar refractivity (Wildman–Crippen MR) is 254 cm³/mol. The zero-order chi connectivity index (χ0) is 40.1. The summed E-state index contributed by atoms with van der Waals surface area (Å²) in [7, 11) is 0. The Bertz CT molecular complexity index is 2310. The van der Waals surface area contributed by atoms with E-state index in [-0.39, 0.29) is 0 Å². The SMILES string of the molecule is CC=CCC(C=CCC)C1C=C(C2=CCC(C)CC=C2)C=C(C2=CC(C3C=CC=CC3C3=CCC4C(=C3)c3cc(C5C=CC=CC5)ccc3-c3ccccc34)CCC2)C1. The van der Waals surface area contributed by atoms with E-state index in [1.165, 1.54) is 69.4 Å². The number of hydrogen-bond donors (Lipinski definition) is 0. The monoisotopic (exact) mass is 773 g/mol. The molecule has 2 aromatic rings. The molecule has 0 aliphatic heterocycles. The molecule has 0 fully saturated rings. The van der Waals surface area contributed by atoms with E-state index in [4.69, 9.17) is 0 Å². The summed E-state index contributed by atoms with van der Waals surface area (Å²) in [5, 5.41) is 0. The lowest BCUT2D eigenvalue weighted by atomic mass is 9.66. The molecule has 7 aliphatic carbocycles. The highest BCUT2D eigenvalue weighted by Crippen LogP contribution is 2.53. The van der Waals surface area contributed by atoms with Crippen LogP contribution in [0.4, 0.5) is 0 Å². The summed E-state index contributed by atoms with van der Waals surface area (Å²) in [5.74, 6) is 3.90. The first-order chi connectivity index (χ1) is 29.1. The predicted octanol–water partition coefficient (Wildman–Crippen LogP) is 16.2. The van der Waals surface area contributed by atoms with Gasteiger partial charge in [0.15, 0.2) is 0 Å². The van der Waals surface area contributed by atoms with Crippen LogP contribution in [0.5, 0.6) is 0 Å². The fourth-order valence-electron chi connectivity index (χ4n) is 11.2. The van der Waals surface area contributed by atoms with Crippen molar-refractivity contribution in [3.63, 3.8) is 0 Å². The molecule has 0 spiro atoms. The molecule has 0 saturated carbocycles. The van der Waals surface area contributed by atoms with E-state index in [1.807, 2.05) is 0 Å². The second kappa shape index (κ2) is 18.1. The van der Waals surface area contributed by atoms with Gasteiger partial charge in [-0.25, -0.2) is 0 Å². The molecule has 9 rings (SSSR count). The van der Waals surface area contributed by atoms with E-state index in [1.54, 1.807) is 11.1 Å². The van der Waals surface area contributed by atoms with Gasteiger partial charge in [0.1, 0.15) is 0 Å². The molecule has 0 heterocycles. The Hall–Kier alpha value is -4.94. The average molecular weight is 773 g/mol. The molecule has 8 atom stereocenters. The number of hydrogen-bond acceptors (Lipinski definition) is 0. The molecule has 2 aromatic carbocycles. The minimum absolute atomic E-state index is 0.375. The minimum atomic E-state index is 0.375. The van der Waals surface area contributed by atoms with Crippen LogP contribution in [0.25, 0.3) is 16.7 Å². The van der Waals surface area contributed by atoms with Gasteiger partial charge in [-0.15, -0.1) is 0 Å². The summed E-state index contributed by atoms with van der Waals surface area (Å²) in [4.78, 5) is 0. The first-order valence-electron chi connectivity index (χ1n) is 23.2. The first-order valence-corrected chi connectivity index (χ1v) is 23.2. The van der Waals surface area contributed by atoms with E-state index in [0.29, 0.717) is 47.3 Å². The van der Waals surface area contributed by atoms with E-state index < -0.39 is 0 Å². The molecule has 0 aromatic heterocycles. The lowest BCUT2D eigenvalue weighted by Crippen LogP contribution is -2.26. The van der Waals surface area contributed by atoms with Crippen molar-refractivity contribution in [3.05, 3.63) is 209 Å². The summed E-state index contributed by atoms with van der Waals surface area (Å²) in [6, 6.07) is 16.5. The topological polar surface area (TPSA) is 0 Å². The Morgan fingerprint density at radius 2 is 1.68 bits per heavy atom. The van der Waals surface area contributed by atoms with Crippen LogP contribution < -0.4 is 0 Å². The maximum absolute atomic E-state index is 2.75. The summed E-state index contributed by atoms with van der Waals surface area (Å²) in [5.41, 5.74) is 16.3. The summed E-state index contributed by atoms with van der Waals surface area (Å²) >= 11 is 0. The Kier molecular flexibility index (Phi) is 12.1. The van der Waals surface area contributed by atoms with Gasteiger partial charge in [-0.2, -0.15) is 0 Å². The summed E-state index contributed by atoms with van der Waals surface area (Å²) in [6.45, 7) is 6.82. The van der Waals surface area contributed by atoms with Crippen molar-refractivity contribution in [1.82, 2.24) is 0 Å². The van der Waals surface area contributed by atoms with Gasteiger partial charge in [0.05, 0.1) is 0 Å². The second-order valence-corrected chi connectivity index (χ2v) is 18.4. The van der Waals surface area contributed by atoms with Gasteiger partial charge in [0.2, 0.25) is 0 Å². The van der Waals surface area contributed by atoms with Crippen LogP contribution in [0, 0.1) is 35.5 Å². The lowest BCUT2D eigenvalue weighted by Gasteiger charge is -2.38. The van der Waals surface area contributed by atoms with Gasteiger partial charge in [0.25, 0.3) is 0 Å². The number of benzene rings is 2. The third kappa shape index (κ3) is 8.44. The Balaban J connectivity index is 1.04. The van der Waals surface area contributed by atoms with Crippen LogP contribution in [0.2, 0.25) is 0 Å². The van der Waals surface area contributed by atoms with Crippen molar-refractivity contribution in [2.45, 2.75) is 96.8 Å². The molecule has 0 nitrogen and oxygen atoms in total. The first kappa shape index (κ1) is 39.5. The fraction of sp³-hybridized carbons (Fsp3) is 0.356. The maximum atomic E-state index is 2.75. The Labute approximate surface area is 356 Å². The van der Waals surface area contributed by atoms with Gasteiger partial charge < -0.3 is 0 Å². The zero-order valence-corrected chi connectivity index (χ0v) is 35.8. The van der Waals surface area contributed by atoms with Gasteiger partial charge in [-0.3, -0.25) is 0 Å². The fourth-order valence-corrected chi connectivity index (χ4v) is 11.2. The van der Waals surface area contributed by atoms with Crippen LogP contribution >= 0.6 is 0 Å². The molecule has 300 valence electrons. The van der Waals surface area contributed by atoms with Crippen LogP contribution in [-0.2, 0) is 0 Å². The van der Waals surface area contributed by atoms with Crippen LogP contribution in [0.1, 0.15) is 114 Å². The smallest absolute Gasteiger partial charge is 0.0136 e. The zero-order valence-electron chi connectivity index (χ0n) is 35.8. The summed E-state index contributed by atoms with van der Waals surface area (Å²) < 4.78 is 0. The summed E-state index contributed by atoms with van der Waals surface area (Å²) in [6.07, 6.45) is 60.5. The minimum Gasteiger partial charge on any atom is -0.0916 e. The largest absolute Gasteiger partial charge is 0.0916 e. The van der Waals surface area contributed by atoms with Crippen LogP contribution in [-0.4, -0.2) is 0 Å². The van der Waals surface area contributed by atoms with E-state index in [0.717, 1.165) is 44.9 Å². The quantitative estimate of drug-likeness (QED) is 0.211. The maximum Gasteiger partial charge on any atom is 0.0136 e. The van der Waals surface area contributed by atoms with Crippen LogP contribution in [0.15, 0.2) is 192 Å². The molecular formula is C59H64. The molecule has 0 saturated heterocycles. The molecule has 0 N–H and O–H groups in total. The van der Waals surface area contributed by atoms with Gasteiger partial charge >= 0.3 is 0 Å². The number of allylic oxidation sites excluding steroid dienone is 26. The van der Waals surface area contributed by atoms with Crippen molar-refractivity contribution >= 4 is 5.57 Å². The van der Waals surface area contributed by atoms with Crippen molar-refractivity contribution < 1.29 is 0 Å². The number of rotatable bonds is 10. The Morgan fingerprint density at radius 3 is 2.56 bits per heavy atom. The normalized spacial score (nSPS) is 29.1.